The third-order valence-corrected chi connectivity index (χ3v) is 3.16. The zero-order valence-corrected chi connectivity index (χ0v) is 11.9. The van der Waals surface area contributed by atoms with Gasteiger partial charge in [-0.15, -0.1) is 0 Å². The molecule has 0 aromatic carbocycles. The van der Waals surface area contributed by atoms with Crippen molar-refractivity contribution in [2.45, 2.75) is 65.0 Å². The number of hydrogen-bond donors (Lipinski definition) is 2. The number of carbonyl (C=O) groups is 1. The molecule has 2 atom stereocenters. The molecule has 1 saturated heterocycles. The summed E-state index contributed by atoms with van der Waals surface area (Å²) in [5.41, 5.74) is 0.106. The van der Waals surface area contributed by atoms with Gasteiger partial charge in [-0.25, -0.2) is 0 Å². The van der Waals surface area contributed by atoms with Crippen molar-refractivity contribution in [2.75, 3.05) is 13.2 Å². The SMILES string of the molecule is CC(C)(C)CC(CO)NC(=O)CCC1CCCO1. The first-order chi connectivity index (χ1) is 8.40. The van der Waals surface area contributed by atoms with Gasteiger partial charge in [0, 0.05) is 13.0 Å². The zero-order valence-electron chi connectivity index (χ0n) is 11.9. The van der Waals surface area contributed by atoms with E-state index in [-0.39, 0.29) is 30.1 Å². The molecule has 0 bridgehead atoms. The van der Waals surface area contributed by atoms with Crippen LogP contribution in [-0.4, -0.2) is 36.4 Å². The van der Waals surface area contributed by atoms with Gasteiger partial charge in [0.1, 0.15) is 0 Å². The topological polar surface area (TPSA) is 58.6 Å². The van der Waals surface area contributed by atoms with Gasteiger partial charge in [0.25, 0.3) is 0 Å². The van der Waals surface area contributed by atoms with Gasteiger partial charge < -0.3 is 15.2 Å². The summed E-state index contributed by atoms with van der Waals surface area (Å²) >= 11 is 0. The Morgan fingerprint density at radius 3 is 2.72 bits per heavy atom. The van der Waals surface area contributed by atoms with Crippen LogP contribution in [0.5, 0.6) is 0 Å². The van der Waals surface area contributed by atoms with Gasteiger partial charge in [-0.3, -0.25) is 4.79 Å². The number of carbonyl (C=O) groups excluding carboxylic acids is 1. The third kappa shape index (κ3) is 6.36. The van der Waals surface area contributed by atoms with Gasteiger partial charge in [0.15, 0.2) is 0 Å². The summed E-state index contributed by atoms with van der Waals surface area (Å²) in [5, 5.41) is 12.2. The molecule has 0 aliphatic carbocycles. The summed E-state index contributed by atoms with van der Waals surface area (Å²) < 4.78 is 5.49. The Morgan fingerprint density at radius 1 is 1.50 bits per heavy atom. The third-order valence-electron chi connectivity index (χ3n) is 3.16. The van der Waals surface area contributed by atoms with Crippen molar-refractivity contribution in [2.24, 2.45) is 5.41 Å². The van der Waals surface area contributed by atoms with Gasteiger partial charge in [-0.05, 0) is 31.1 Å². The van der Waals surface area contributed by atoms with Crippen molar-refractivity contribution < 1.29 is 14.6 Å². The molecule has 18 heavy (non-hydrogen) atoms. The molecular formula is C14H27NO3. The predicted octanol–water partition coefficient (Wildman–Crippen LogP) is 1.86. The molecule has 106 valence electrons. The summed E-state index contributed by atoms with van der Waals surface area (Å²) in [6.07, 6.45) is 4.50. The monoisotopic (exact) mass is 257 g/mol. The molecule has 1 rings (SSSR count). The molecule has 0 radical (unpaired) electrons. The van der Waals surface area contributed by atoms with Crippen LogP contribution in [0, 0.1) is 5.41 Å². The maximum atomic E-state index is 11.8. The highest BCUT2D eigenvalue weighted by atomic mass is 16.5. The van der Waals surface area contributed by atoms with Crippen LogP contribution in [-0.2, 0) is 9.53 Å². The van der Waals surface area contributed by atoms with Crippen LogP contribution in [0.2, 0.25) is 0 Å². The highest BCUT2D eigenvalue weighted by molar-refractivity contribution is 5.76. The summed E-state index contributed by atoms with van der Waals surface area (Å²) in [6.45, 7) is 7.15. The molecule has 0 aromatic rings. The molecule has 1 aliphatic heterocycles. The lowest BCUT2D eigenvalue weighted by molar-refractivity contribution is -0.122. The molecule has 0 saturated carbocycles. The Labute approximate surface area is 110 Å². The lowest BCUT2D eigenvalue weighted by atomic mass is 9.88. The predicted molar refractivity (Wildman–Crippen MR) is 71.3 cm³/mol. The quantitative estimate of drug-likeness (QED) is 0.763. The van der Waals surface area contributed by atoms with Gasteiger partial charge in [-0.2, -0.15) is 0 Å². The Hall–Kier alpha value is -0.610. The van der Waals surface area contributed by atoms with Crippen LogP contribution in [0.15, 0.2) is 0 Å². The van der Waals surface area contributed by atoms with Crippen LogP contribution < -0.4 is 5.32 Å². The summed E-state index contributed by atoms with van der Waals surface area (Å²) in [7, 11) is 0. The fraction of sp³-hybridized carbons (Fsp3) is 0.929. The number of aliphatic hydroxyl groups is 1. The number of amides is 1. The van der Waals surface area contributed by atoms with E-state index in [1.54, 1.807) is 0 Å². The smallest absolute Gasteiger partial charge is 0.220 e. The molecule has 4 nitrogen and oxygen atoms in total. The van der Waals surface area contributed by atoms with Gasteiger partial charge in [0.2, 0.25) is 5.91 Å². The van der Waals surface area contributed by atoms with Crippen LogP contribution in [0.4, 0.5) is 0 Å². The lowest BCUT2D eigenvalue weighted by Crippen LogP contribution is -2.40. The van der Waals surface area contributed by atoms with Crippen molar-refractivity contribution in [3.8, 4) is 0 Å². The van der Waals surface area contributed by atoms with E-state index in [0.29, 0.717) is 6.42 Å². The first-order valence-corrected chi connectivity index (χ1v) is 6.92. The molecule has 2 N–H and O–H groups in total. The van der Waals surface area contributed by atoms with Crippen LogP contribution >= 0.6 is 0 Å². The van der Waals surface area contributed by atoms with Gasteiger partial charge >= 0.3 is 0 Å². The van der Waals surface area contributed by atoms with Crippen LogP contribution in [0.3, 0.4) is 0 Å². The Balaban J connectivity index is 2.24. The number of aliphatic hydroxyl groups excluding tert-OH is 1. The van der Waals surface area contributed by atoms with E-state index in [2.05, 4.69) is 26.1 Å². The molecule has 1 heterocycles. The molecule has 4 heteroatoms. The van der Waals surface area contributed by atoms with Crippen LogP contribution in [0.1, 0.15) is 52.9 Å². The van der Waals surface area contributed by atoms with Gasteiger partial charge in [0.05, 0.1) is 18.8 Å². The molecule has 2 unspecified atom stereocenters. The average Bonchev–Trinajstić information content (AvgIpc) is 2.76. The summed E-state index contributed by atoms with van der Waals surface area (Å²) in [5.74, 6) is 0.0220. The Morgan fingerprint density at radius 2 is 2.22 bits per heavy atom. The minimum atomic E-state index is -0.137. The van der Waals surface area contributed by atoms with E-state index in [1.807, 2.05) is 0 Å². The molecule has 1 amide bonds. The number of hydrogen-bond acceptors (Lipinski definition) is 3. The lowest BCUT2D eigenvalue weighted by Gasteiger charge is -2.25. The maximum Gasteiger partial charge on any atom is 0.220 e. The number of nitrogens with one attached hydrogen (secondary N) is 1. The van der Waals surface area contributed by atoms with E-state index in [9.17, 15) is 9.90 Å². The standard InChI is InChI=1S/C14H27NO3/c1-14(2,3)9-11(10-16)15-13(17)7-6-12-5-4-8-18-12/h11-12,16H,4-10H2,1-3H3,(H,15,17). The van der Waals surface area contributed by atoms with E-state index in [4.69, 9.17) is 4.74 Å². The second-order valence-electron chi connectivity index (χ2n) is 6.39. The second-order valence-corrected chi connectivity index (χ2v) is 6.39. The second kappa shape index (κ2) is 7.10. The normalized spacial score (nSPS) is 21.9. The van der Waals surface area contributed by atoms with Crippen molar-refractivity contribution in [1.82, 2.24) is 5.32 Å². The zero-order chi connectivity index (χ0) is 13.6. The Kier molecular flexibility index (Phi) is 6.09. The molecule has 1 fully saturated rings. The first kappa shape index (κ1) is 15.4. The van der Waals surface area contributed by atoms with Crippen molar-refractivity contribution >= 4 is 5.91 Å². The van der Waals surface area contributed by atoms with Crippen molar-refractivity contribution in [1.29, 1.82) is 0 Å². The number of ether oxygens (including phenoxy) is 1. The highest BCUT2D eigenvalue weighted by Gasteiger charge is 2.21. The Bertz CT molecular complexity index is 254. The van der Waals surface area contributed by atoms with Crippen molar-refractivity contribution in [3.63, 3.8) is 0 Å². The first-order valence-electron chi connectivity index (χ1n) is 6.92. The highest BCUT2D eigenvalue weighted by Crippen LogP contribution is 2.21. The van der Waals surface area contributed by atoms with E-state index >= 15 is 0 Å². The molecule has 0 aromatic heterocycles. The molecule has 0 spiro atoms. The average molecular weight is 257 g/mol. The van der Waals surface area contributed by atoms with E-state index in [1.165, 1.54) is 0 Å². The van der Waals surface area contributed by atoms with Crippen molar-refractivity contribution in [3.05, 3.63) is 0 Å². The largest absolute Gasteiger partial charge is 0.394 e. The maximum absolute atomic E-state index is 11.8. The number of rotatable bonds is 6. The van der Waals surface area contributed by atoms with Gasteiger partial charge in [-0.1, -0.05) is 20.8 Å². The minimum Gasteiger partial charge on any atom is -0.394 e. The summed E-state index contributed by atoms with van der Waals surface area (Å²) in [4.78, 5) is 11.8. The van der Waals surface area contributed by atoms with Crippen LogP contribution in [0.25, 0.3) is 0 Å². The fourth-order valence-electron chi connectivity index (χ4n) is 2.36. The summed E-state index contributed by atoms with van der Waals surface area (Å²) in [6, 6.07) is -0.137. The van der Waals surface area contributed by atoms with E-state index < -0.39 is 0 Å². The minimum absolute atomic E-state index is 0.00292. The molecular weight excluding hydrogens is 230 g/mol. The molecule has 1 aliphatic rings. The van der Waals surface area contributed by atoms with E-state index in [0.717, 1.165) is 32.3 Å². The fourth-order valence-corrected chi connectivity index (χ4v) is 2.36.